The maximum Gasteiger partial charge on any atom is 0.188 e. The van der Waals surface area contributed by atoms with Crippen LogP contribution in [0.3, 0.4) is 0 Å². The molecule has 2 aromatic heterocycles. The smallest absolute Gasteiger partial charge is 0.188 e. The van der Waals surface area contributed by atoms with E-state index in [1.54, 1.807) is 4.68 Å². The average Bonchev–Trinajstić information content (AvgIpc) is 2.88. The Hall–Kier alpha value is -2.56. The van der Waals surface area contributed by atoms with E-state index in [-0.39, 0.29) is 0 Å². The van der Waals surface area contributed by atoms with Crippen LogP contribution in [0.2, 0.25) is 0 Å². The number of nitrogens with zero attached hydrogens (tertiary/aromatic N) is 5. The zero-order valence-electron chi connectivity index (χ0n) is 10.8. The first-order valence-electron chi connectivity index (χ1n) is 6.03. The van der Waals surface area contributed by atoms with Gasteiger partial charge in [0.15, 0.2) is 11.6 Å². The molecule has 0 spiro atoms. The lowest BCUT2D eigenvalue weighted by molar-refractivity contribution is 0.770. The number of hydrogen-bond acceptors (Lipinski definition) is 4. The molecule has 0 bridgehead atoms. The molecule has 0 aliphatic rings. The molecular weight excluding hydrogens is 238 g/mol. The Kier molecular flexibility index (Phi) is 2.79. The largest absolute Gasteiger partial charge is 0.234 e. The quantitative estimate of drug-likeness (QED) is 0.701. The van der Waals surface area contributed by atoms with Gasteiger partial charge in [-0.25, -0.2) is 4.98 Å². The summed E-state index contributed by atoms with van der Waals surface area (Å²) < 4.78 is 1.66. The molecular formula is C14H13N5. The highest BCUT2D eigenvalue weighted by molar-refractivity contribution is 5.56. The molecule has 0 unspecified atom stereocenters. The molecule has 0 amide bonds. The first kappa shape index (κ1) is 11.5. The predicted octanol–water partition coefficient (Wildman–Crippen LogP) is 2.34. The van der Waals surface area contributed by atoms with Gasteiger partial charge in [0.2, 0.25) is 0 Å². The van der Waals surface area contributed by atoms with Crippen molar-refractivity contribution in [2.24, 2.45) is 0 Å². The van der Waals surface area contributed by atoms with E-state index in [4.69, 9.17) is 0 Å². The molecule has 0 saturated heterocycles. The van der Waals surface area contributed by atoms with Crippen LogP contribution in [0.4, 0.5) is 0 Å². The Bertz CT molecular complexity index is 683. The summed E-state index contributed by atoms with van der Waals surface area (Å²) in [5.74, 6) is 1.43. The van der Waals surface area contributed by atoms with Crippen LogP contribution in [0, 0.1) is 13.8 Å². The molecule has 0 radical (unpaired) electrons. The highest BCUT2D eigenvalue weighted by Gasteiger charge is 2.11. The number of aryl methyl sites for hydroxylation is 2. The zero-order chi connectivity index (χ0) is 13.2. The molecule has 94 valence electrons. The van der Waals surface area contributed by atoms with E-state index in [2.05, 4.69) is 20.5 Å². The summed E-state index contributed by atoms with van der Waals surface area (Å²) in [6.07, 6.45) is 0. The molecule has 0 aliphatic carbocycles. The van der Waals surface area contributed by atoms with Gasteiger partial charge in [0.25, 0.3) is 0 Å². The van der Waals surface area contributed by atoms with Gasteiger partial charge in [-0.3, -0.25) is 0 Å². The summed E-state index contributed by atoms with van der Waals surface area (Å²) in [4.78, 5) is 4.48. The minimum absolute atomic E-state index is 0.693. The second kappa shape index (κ2) is 4.61. The van der Waals surface area contributed by atoms with E-state index in [0.717, 1.165) is 22.6 Å². The maximum atomic E-state index is 4.48. The number of tetrazole rings is 1. The lowest BCUT2D eigenvalue weighted by Crippen LogP contribution is -2.04. The van der Waals surface area contributed by atoms with Crippen molar-refractivity contribution in [2.45, 2.75) is 13.8 Å². The van der Waals surface area contributed by atoms with Crippen molar-refractivity contribution in [3.05, 3.63) is 53.7 Å². The van der Waals surface area contributed by atoms with Gasteiger partial charge in [0.1, 0.15) is 0 Å². The van der Waals surface area contributed by atoms with Gasteiger partial charge in [0, 0.05) is 11.3 Å². The third-order valence-corrected chi connectivity index (χ3v) is 2.80. The summed E-state index contributed by atoms with van der Waals surface area (Å²) in [5, 5.41) is 11.9. The average molecular weight is 251 g/mol. The Balaban J connectivity index is 2.15. The fraction of sp³-hybridized carbons (Fsp3) is 0.143. The van der Waals surface area contributed by atoms with Crippen molar-refractivity contribution in [2.75, 3.05) is 0 Å². The molecule has 0 atom stereocenters. The van der Waals surface area contributed by atoms with E-state index in [1.165, 1.54) is 0 Å². The topological polar surface area (TPSA) is 56.5 Å². The van der Waals surface area contributed by atoms with Crippen molar-refractivity contribution < 1.29 is 0 Å². The first-order valence-corrected chi connectivity index (χ1v) is 6.03. The van der Waals surface area contributed by atoms with Gasteiger partial charge in [-0.05, 0) is 42.0 Å². The lowest BCUT2D eigenvalue weighted by Gasteiger charge is -2.05. The molecule has 1 aromatic carbocycles. The van der Waals surface area contributed by atoms with E-state index in [9.17, 15) is 0 Å². The summed E-state index contributed by atoms with van der Waals surface area (Å²) >= 11 is 0. The Labute approximate surface area is 110 Å². The SMILES string of the molecule is Cc1cc(C)nc(-n2nnnc2-c2ccccc2)c1. The highest BCUT2D eigenvalue weighted by atomic mass is 15.6. The minimum Gasteiger partial charge on any atom is -0.234 e. The summed E-state index contributed by atoms with van der Waals surface area (Å²) in [5.41, 5.74) is 3.05. The van der Waals surface area contributed by atoms with Crippen LogP contribution < -0.4 is 0 Å². The first-order chi connectivity index (χ1) is 9.24. The number of pyridine rings is 1. The Morgan fingerprint density at radius 3 is 2.53 bits per heavy atom. The van der Waals surface area contributed by atoms with E-state index in [0.29, 0.717) is 5.82 Å². The van der Waals surface area contributed by atoms with Crippen LogP contribution in [0.25, 0.3) is 17.2 Å². The van der Waals surface area contributed by atoms with Crippen molar-refractivity contribution in [1.29, 1.82) is 0 Å². The van der Waals surface area contributed by atoms with Gasteiger partial charge < -0.3 is 0 Å². The van der Waals surface area contributed by atoms with Gasteiger partial charge in [0.05, 0.1) is 0 Å². The Morgan fingerprint density at radius 1 is 1.00 bits per heavy atom. The van der Waals surface area contributed by atoms with Gasteiger partial charge in [-0.1, -0.05) is 30.3 Å². The number of hydrogen-bond donors (Lipinski definition) is 0. The van der Waals surface area contributed by atoms with Crippen LogP contribution in [-0.2, 0) is 0 Å². The monoisotopic (exact) mass is 251 g/mol. The summed E-state index contributed by atoms with van der Waals surface area (Å²) in [6, 6.07) is 13.8. The third-order valence-electron chi connectivity index (χ3n) is 2.80. The Morgan fingerprint density at radius 2 is 1.79 bits per heavy atom. The molecule has 3 rings (SSSR count). The van der Waals surface area contributed by atoms with E-state index < -0.39 is 0 Å². The van der Waals surface area contributed by atoms with Crippen molar-refractivity contribution >= 4 is 0 Å². The van der Waals surface area contributed by atoms with Crippen molar-refractivity contribution in [1.82, 2.24) is 25.2 Å². The van der Waals surface area contributed by atoms with Gasteiger partial charge in [-0.15, -0.1) is 5.10 Å². The highest BCUT2D eigenvalue weighted by Crippen LogP contribution is 2.18. The molecule has 2 heterocycles. The van der Waals surface area contributed by atoms with Gasteiger partial charge >= 0.3 is 0 Å². The fourth-order valence-electron chi connectivity index (χ4n) is 2.04. The van der Waals surface area contributed by atoms with Crippen LogP contribution in [0.15, 0.2) is 42.5 Å². The van der Waals surface area contributed by atoms with E-state index >= 15 is 0 Å². The second-order valence-electron chi connectivity index (χ2n) is 4.42. The molecule has 0 saturated carbocycles. The molecule has 3 aromatic rings. The molecule has 5 heteroatoms. The number of rotatable bonds is 2. The summed E-state index contributed by atoms with van der Waals surface area (Å²) in [6.45, 7) is 3.99. The summed E-state index contributed by atoms with van der Waals surface area (Å²) in [7, 11) is 0. The van der Waals surface area contributed by atoms with Gasteiger partial charge in [-0.2, -0.15) is 4.68 Å². The van der Waals surface area contributed by atoms with Crippen LogP contribution in [-0.4, -0.2) is 25.2 Å². The third kappa shape index (κ3) is 2.22. The van der Waals surface area contributed by atoms with Crippen LogP contribution >= 0.6 is 0 Å². The molecule has 19 heavy (non-hydrogen) atoms. The van der Waals surface area contributed by atoms with Crippen LogP contribution in [0.1, 0.15) is 11.3 Å². The number of aromatic nitrogens is 5. The van der Waals surface area contributed by atoms with Crippen molar-refractivity contribution in [3.63, 3.8) is 0 Å². The molecule has 5 nitrogen and oxygen atoms in total. The van der Waals surface area contributed by atoms with E-state index in [1.807, 2.05) is 56.3 Å². The standard InChI is InChI=1S/C14H13N5/c1-10-8-11(2)15-13(9-10)19-14(16-17-18-19)12-6-4-3-5-7-12/h3-9H,1-2H3. The molecule has 0 aliphatic heterocycles. The van der Waals surface area contributed by atoms with Crippen molar-refractivity contribution in [3.8, 4) is 17.2 Å². The molecule has 0 N–H and O–H groups in total. The molecule has 0 fully saturated rings. The predicted molar refractivity (Wildman–Crippen MR) is 71.9 cm³/mol. The van der Waals surface area contributed by atoms with Crippen LogP contribution in [0.5, 0.6) is 0 Å². The lowest BCUT2D eigenvalue weighted by atomic mass is 10.2. The minimum atomic E-state index is 0.693. The fourth-order valence-corrected chi connectivity index (χ4v) is 2.04. The second-order valence-corrected chi connectivity index (χ2v) is 4.42. The normalized spacial score (nSPS) is 10.6. The zero-order valence-corrected chi connectivity index (χ0v) is 10.8. The number of benzene rings is 1. The maximum absolute atomic E-state index is 4.48.